The molecule has 0 radical (unpaired) electrons. The number of rotatable bonds is 2. The fourth-order valence-corrected chi connectivity index (χ4v) is 3.84. The van der Waals surface area contributed by atoms with Gasteiger partial charge in [0.2, 0.25) is 0 Å². The van der Waals surface area contributed by atoms with Crippen LogP contribution < -0.4 is 0 Å². The van der Waals surface area contributed by atoms with E-state index < -0.39 is 0 Å². The molecule has 3 aromatic carbocycles. The average molecular weight is 372 g/mol. The van der Waals surface area contributed by atoms with Gasteiger partial charge in [0.25, 0.3) is 0 Å². The van der Waals surface area contributed by atoms with Crippen LogP contribution in [0.2, 0.25) is 0 Å². The van der Waals surface area contributed by atoms with E-state index in [2.05, 4.69) is 34.7 Å². The number of pyridine rings is 1. The lowest BCUT2D eigenvalue weighted by Gasteiger charge is -2.11. The van der Waals surface area contributed by atoms with Crippen LogP contribution in [0, 0.1) is 0 Å². The third-order valence-corrected chi connectivity index (χ3v) is 5.19. The van der Waals surface area contributed by atoms with E-state index in [0.29, 0.717) is 0 Å². The monoisotopic (exact) mass is 372 g/mol. The van der Waals surface area contributed by atoms with Crippen LogP contribution in [0.3, 0.4) is 0 Å². The first-order chi connectivity index (χ1) is 14.4. The predicted octanol–water partition coefficient (Wildman–Crippen LogP) is 5.76. The number of fused-ring (bicyclic) bond motifs is 5. The Morgan fingerprint density at radius 2 is 1.10 bits per heavy atom. The molecule has 0 N–H and O–H groups in total. The fourth-order valence-electron chi connectivity index (χ4n) is 3.84. The molecule has 0 saturated heterocycles. The van der Waals surface area contributed by atoms with Crippen LogP contribution >= 0.6 is 0 Å². The Labute approximate surface area is 167 Å². The number of hydrogen-bond acceptors (Lipinski definition) is 3. The van der Waals surface area contributed by atoms with Crippen LogP contribution in [0.15, 0.2) is 97.1 Å². The molecule has 4 nitrogen and oxygen atoms in total. The smallest absolute Gasteiger partial charge is 0.165 e. The Morgan fingerprint density at radius 1 is 0.483 bits per heavy atom. The van der Waals surface area contributed by atoms with Crippen molar-refractivity contribution in [3.05, 3.63) is 97.1 Å². The summed E-state index contributed by atoms with van der Waals surface area (Å²) in [6, 6.07) is 32.6. The molecule has 0 aliphatic rings. The van der Waals surface area contributed by atoms with E-state index in [4.69, 9.17) is 15.0 Å². The van der Waals surface area contributed by atoms with Gasteiger partial charge < -0.3 is 0 Å². The van der Waals surface area contributed by atoms with Crippen LogP contribution in [0.25, 0.3) is 50.4 Å². The minimum atomic E-state index is 0.815. The maximum Gasteiger partial charge on any atom is 0.165 e. The number of benzene rings is 3. The highest BCUT2D eigenvalue weighted by Crippen LogP contribution is 2.31. The Morgan fingerprint density at radius 3 is 1.83 bits per heavy atom. The maximum atomic E-state index is 5.13. The Balaban J connectivity index is 1.77. The largest absolute Gasteiger partial charge is 0.275 e. The van der Waals surface area contributed by atoms with Crippen LogP contribution in [-0.4, -0.2) is 19.4 Å². The first kappa shape index (κ1) is 16.0. The topological polar surface area (TPSA) is 43.1 Å². The number of aromatic nitrogens is 4. The van der Waals surface area contributed by atoms with Crippen molar-refractivity contribution in [2.24, 2.45) is 0 Å². The van der Waals surface area contributed by atoms with Crippen LogP contribution in [0.5, 0.6) is 0 Å². The van der Waals surface area contributed by atoms with Crippen LogP contribution in [-0.2, 0) is 0 Å². The van der Waals surface area contributed by atoms with Crippen molar-refractivity contribution < 1.29 is 0 Å². The van der Waals surface area contributed by atoms with Gasteiger partial charge in [-0.05, 0) is 24.3 Å². The normalized spacial score (nSPS) is 11.4. The highest BCUT2D eigenvalue weighted by Gasteiger charge is 2.16. The number of hydrogen-bond donors (Lipinski definition) is 0. The summed E-state index contributed by atoms with van der Waals surface area (Å²) in [5, 5.41) is 0. The van der Waals surface area contributed by atoms with E-state index in [0.717, 1.165) is 50.4 Å². The van der Waals surface area contributed by atoms with E-state index in [1.807, 2.05) is 66.7 Å². The number of nitrogens with zero attached hydrogens (tertiary/aromatic N) is 4. The molecule has 4 heteroatoms. The van der Waals surface area contributed by atoms with Crippen molar-refractivity contribution >= 4 is 27.8 Å². The molecule has 0 fully saturated rings. The summed E-state index contributed by atoms with van der Waals surface area (Å²) < 4.78 is 2.10. The minimum Gasteiger partial charge on any atom is -0.275 e. The molecule has 6 rings (SSSR count). The minimum absolute atomic E-state index is 0.815. The summed E-state index contributed by atoms with van der Waals surface area (Å²) in [5.74, 6) is 0. The molecule has 0 bridgehead atoms. The van der Waals surface area contributed by atoms with E-state index in [9.17, 15) is 0 Å². The molecular weight excluding hydrogens is 356 g/mol. The summed E-state index contributed by atoms with van der Waals surface area (Å²) in [6.45, 7) is 0. The number of imidazole rings is 1. The second-order valence-corrected chi connectivity index (χ2v) is 6.99. The van der Waals surface area contributed by atoms with E-state index in [1.54, 1.807) is 0 Å². The fraction of sp³-hybridized carbons (Fsp3) is 0. The van der Waals surface area contributed by atoms with Crippen molar-refractivity contribution in [3.8, 4) is 22.5 Å². The molecule has 6 aromatic rings. The summed E-state index contributed by atoms with van der Waals surface area (Å²) in [5.41, 5.74) is 8.37. The lowest BCUT2D eigenvalue weighted by Crippen LogP contribution is -1.99. The lowest BCUT2D eigenvalue weighted by atomic mass is 10.0. The van der Waals surface area contributed by atoms with Crippen LogP contribution in [0.1, 0.15) is 0 Å². The maximum absolute atomic E-state index is 5.13. The van der Waals surface area contributed by atoms with Crippen molar-refractivity contribution in [2.75, 3.05) is 0 Å². The molecular formula is C25H16N4. The molecule has 0 atom stereocenters. The van der Waals surface area contributed by atoms with Gasteiger partial charge in [0.05, 0.1) is 22.4 Å². The third-order valence-electron chi connectivity index (χ3n) is 5.19. The molecule has 29 heavy (non-hydrogen) atoms. The van der Waals surface area contributed by atoms with Gasteiger partial charge in [-0.3, -0.25) is 4.40 Å². The van der Waals surface area contributed by atoms with Gasteiger partial charge in [-0.1, -0.05) is 72.8 Å². The van der Waals surface area contributed by atoms with Gasteiger partial charge in [-0.2, -0.15) is 0 Å². The zero-order valence-corrected chi connectivity index (χ0v) is 15.5. The quantitative estimate of drug-likeness (QED) is 0.388. The first-order valence-electron chi connectivity index (χ1n) is 9.57. The molecule has 0 aliphatic carbocycles. The highest BCUT2D eigenvalue weighted by molar-refractivity contribution is 5.90. The van der Waals surface area contributed by atoms with E-state index >= 15 is 0 Å². The molecule has 3 aromatic heterocycles. The van der Waals surface area contributed by atoms with Gasteiger partial charge in [-0.25, -0.2) is 15.0 Å². The highest BCUT2D eigenvalue weighted by atomic mass is 15.1. The molecule has 0 unspecified atom stereocenters. The molecule has 136 valence electrons. The second kappa shape index (κ2) is 6.24. The first-order valence-corrected chi connectivity index (χ1v) is 9.57. The molecule has 0 spiro atoms. The molecule has 0 amide bonds. The number of para-hydroxylation sites is 2. The third kappa shape index (κ3) is 2.50. The van der Waals surface area contributed by atoms with Gasteiger partial charge in [0.1, 0.15) is 11.2 Å². The molecule has 0 aliphatic heterocycles. The second-order valence-electron chi connectivity index (χ2n) is 6.99. The summed E-state index contributed by atoms with van der Waals surface area (Å²) in [4.78, 5) is 14.9. The van der Waals surface area contributed by atoms with Gasteiger partial charge in [-0.15, -0.1) is 0 Å². The molecule has 0 saturated carbocycles. The zero-order valence-electron chi connectivity index (χ0n) is 15.5. The SMILES string of the molecule is c1ccc(-c2nc3ccc4nc5ccccc5n4c3nc2-c2ccccc2)cc1. The summed E-state index contributed by atoms with van der Waals surface area (Å²) in [6.07, 6.45) is 0. The van der Waals surface area contributed by atoms with Crippen molar-refractivity contribution in [1.29, 1.82) is 0 Å². The van der Waals surface area contributed by atoms with Crippen molar-refractivity contribution in [3.63, 3.8) is 0 Å². The van der Waals surface area contributed by atoms with Crippen molar-refractivity contribution in [2.45, 2.75) is 0 Å². The Hall–Kier alpha value is -4.05. The standard InChI is InChI=1S/C25H16N4/c1-3-9-17(10-4-1)23-24(18-11-5-2-6-12-18)28-25-20(27-23)15-16-22-26-19-13-7-8-14-21(19)29(22)25/h1-16H. The summed E-state index contributed by atoms with van der Waals surface area (Å²) >= 11 is 0. The van der Waals surface area contributed by atoms with Gasteiger partial charge in [0, 0.05) is 11.1 Å². The van der Waals surface area contributed by atoms with Crippen LogP contribution in [0.4, 0.5) is 0 Å². The Kier molecular flexibility index (Phi) is 3.43. The van der Waals surface area contributed by atoms with Gasteiger partial charge in [0.15, 0.2) is 5.65 Å². The predicted molar refractivity (Wildman–Crippen MR) is 117 cm³/mol. The average Bonchev–Trinajstić information content (AvgIpc) is 3.18. The Bertz CT molecular complexity index is 1490. The summed E-state index contributed by atoms with van der Waals surface area (Å²) in [7, 11) is 0. The van der Waals surface area contributed by atoms with Crippen molar-refractivity contribution in [1.82, 2.24) is 19.4 Å². The zero-order chi connectivity index (χ0) is 19.2. The van der Waals surface area contributed by atoms with Gasteiger partial charge >= 0.3 is 0 Å². The molecule has 3 heterocycles. The lowest BCUT2D eigenvalue weighted by molar-refractivity contribution is 1.19. The van der Waals surface area contributed by atoms with E-state index in [-0.39, 0.29) is 0 Å². The van der Waals surface area contributed by atoms with E-state index in [1.165, 1.54) is 0 Å².